The van der Waals surface area contributed by atoms with E-state index < -0.39 is 12.8 Å². The number of nitrogens with zero attached hydrogens (tertiary/aromatic N) is 1. The molecule has 0 aliphatic carbocycles. The van der Waals surface area contributed by atoms with Gasteiger partial charge in [-0.25, -0.2) is 0 Å². The van der Waals surface area contributed by atoms with Crippen LogP contribution in [0.15, 0.2) is 24.3 Å². The number of carbonyl (C=O) groups excluding carboxylic acids is 1. The Hall–Kier alpha value is -1.96. The van der Waals surface area contributed by atoms with Gasteiger partial charge < -0.3 is 19.7 Å². The minimum Gasteiger partial charge on any atom is -0.480 e. The highest BCUT2D eigenvalue weighted by Gasteiger charge is 2.29. The van der Waals surface area contributed by atoms with Crippen LogP contribution in [0.5, 0.6) is 11.5 Å². The van der Waals surface area contributed by atoms with Gasteiger partial charge in [-0.3, -0.25) is 4.79 Å². The molecule has 0 spiro atoms. The Kier molecular flexibility index (Phi) is 5.70. The van der Waals surface area contributed by atoms with Crippen LogP contribution in [0.4, 0.5) is 13.2 Å². The molecule has 1 aromatic rings. The molecule has 0 unspecified atom stereocenters. The summed E-state index contributed by atoms with van der Waals surface area (Å²) in [5.41, 5.74) is 0. The summed E-state index contributed by atoms with van der Waals surface area (Å²) in [7, 11) is 0. The molecule has 128 valence electrons. The molecule has 0 saturated carbocycles. The quantitative estimate of drug-likeness (QED) is 0.894. The number of ether oxygens (including phenoxy) is 2. The number of rotatable bonds is 5. The summed E-state index contributed by atoms with van der Waals surface area (Å²) in [6, 6.07) is 6.04. The SMILES string of the molecule is C[C@@H]1CNCCN1C(=O)COc1ccccc1OCC(F)(F)F. The molecule has 0 aromatic heterocycles. The number of amides is 1. The third-order valence-electron chi connectivity index (χ3n) is 3.41. The van der Waals surface area contributed by atoms with Crippen LogP contribution in [-0.4, -0.2) is 55.9 Å². The molecular formula is C15H19F3N2O3. The lowest BCUT2D eigenvalue weighted by molar-refractivity contribution is -0.153. The molecule has 1 atom stereocenters. The van der Waals surface area contributed by atoms with Gasteiger partial charge in [0.1, 0.15) is 0 Å². The zero-order chi connectivity index (χ0) is 16.9. The normalized spacial score (nSPS) is 18.6. The van der Waals surface area contributed by atoms with Crippen LogP contribution in [0.25, 0.3) is 0 Å². The molecule has 1 aliphatic rings. The van der Waals surface area contributed by atoms with Crippen molar-refractivity contribution in [3.63, 3.8) is 0 Å². The number of hydrogen-bond acceptors (Lipinski definition) is 4. The number of halogens is 3. The number of benzene rings is 1. The second-order valence-electron chi connectivity index (χ2n) is 5.28. The van der Waals surface area contributed by atoms with E-state index in [0.717, 1.165) is 0 Å². The van der Waals surface area contributed by atoms with Crippen LogP contribution >= 0.6 is 0 Å². The Morgan fingerprint density at radius 1 is 1.30 bits per heavy atom. The van der Waals surface area contributed by atoms with Crippen LogP contribution in [0.1, 0.15) is 6.92 Å². The maximum Gasteiger partial charge on any atom is 0.422 e. The summed E-state index contributed by atoms with van der Waals surface area (Å²) in [4.78, 5) is 13.9. The van der Waals surface area contributed by atoms with E-state index in [1.54, 1.807) is 17.0 Å². The molecule has 1 N–H and O–H groups in total. The lowest BCUT2D eigenvalue weighted by Gasteiger charge is -2.33. The number of hydrogen-bond donors (Lipinski definition) is 1. The van der Waals surface area contributed by atoms with Crippen molar-refractivity contribution in [2.45, 2.75) is 19.1 Å². The van der Waals surface area contributed by atoms with Gasteiger partial charge in [0.15, 0.2) is 24.7 Å². The predicted octanol–water partition coefficient (Wildman–Crippen LogP) is 1.83. The molecule has 0 bridgehead atoms. The third-order valence-corrected chi connectivity index (χ3v) is 3.41. The molecule has 23 heavy (non-hydrogen) atoms. The Morgan fingerprint density at radius 3 is 2.57 bits per heavy atom. The molecule has 1 aliphatic heterocycles. The van der Waals surface area contributed by atoms with Gasteiger partial charge in [0.05, 0.1) is 0 Å². The number of alkyl halides is 3. The van der Waals surface area contributed by atoms with Crippen molar-refractivity contribution in [2.24, 2.45) is 0 Å². The van der Waals surface area contributed by atoms with Gasteiger partial charge in [-0.15, -0.1) is 0 Å². The van der Waals surface area contributed by atoms with Crippen LogP contribution < -0.4 is 14.8 Å². The maximum atomic E-state index is 12.2. The summed E-state index contributed by atoms with van der Waals surface area (Å²) >= 11 is 0. The van der Waals surface area contributed by atoms with Gasteiger partial charge in [-0.05, 0) is 19.1 Å². The number of carbonyl (C=O) groups is 1. The molecular weight excluding hydrogens is 313 g/mol. The molecule has 1 heterocycles. The van der Waals surface area contributed by atoms with Crippen LogP contribution in [0, 0.1) is 0 Å². The van der Waals surface area contributed by atoms with E-state index in [2.05, 4.69) is 5.32 Å². The van der Waals surface area contributed by atoms with E-state index in [4.69, 9.17) is 9.47 Å². The molecule has 1 amide bonds. The first-order valence-corrected chi connectivity index (χ1v) is 7.28. The molecule has 8 heteroatoms. The first-order chi connectivity index (χ1) is 10.9. The molecule has 1 fully saturated rings. The second kappa shape index (κ2) is 7.54. The van der Waals surface area contributed by atoms with Crippen molar-refractivity contribution < 1.29 is 27.4 Å². The maximum absolute atomic E-state index is 12.2. The Labute approximate surface area is 132 Å². The summed E-state index contributed by atoms with van der Waals surface area (Å²) in [5.74, 6) is -0.122. The average molecular weight is 332 g/mol. The summed E-state index contributed by atoms with van der Waals surface area (Å²) < 4.78 is 46.8. The highest BCUT2D eigenvalue weighted by atomic mass is 19.4. The van der Waals surface area contributed by atoms with Crippen molar-refractivity contribution in [3.05, 3.63) is 24.3 Å². The minimum absolute atomic E-state index is 0.0361. The Morgan fingerprint density at radius 2 is 1.96 bits per heavy atom. The van der Waals surface area contributed by atoms with Gasteiger partial charge in [0.25, 0.3) is 5.91 Å². The van der Waals surface area contributed by atoms with Crippen LogP contribution in [-0.2, 0) is 4.79 Å². The minimum atomic E-state index is -4.43. The first kappa shape index (κ1) is 17.4. The third kappa shape index (κ3) is 5.31. The van der Waals surface area contributed by atoms with Crippen molar-refractivity contribution in [1.82, 2.24) is 10.2 Å². The number of para-hydroxylation sites is 2. The topological polar surface area (TPSA) is 50.8 Å². The van der Waals surface area contributed by atoms with Gasteiger partial charge in [-0.2, -0.15) is 13.2 Å². The van der Waals surface area contributed by atoms with Crippen molar-refractivity contribution in [3.8, 4) is 11.5 Å². The molecule has 1 saturated heterocycles. The number of piperazine rings is 1. The zero-order valence-corrected chi connectivity index (χ0v) is 12.7. The summed E-state index contributed by atoms with van der Waals surface area (Å²) in [6.07, 6.45) is -4.43. The van der Waals surface area contributed by atoms with Gasteiger partial charge in [0, 0.05) is 25.7 Å². The molecule has 2 rings (SSSR count). The zero-order valence-electron chi connectivity index (χ0n) is 12.7. The second-order valence-corrected chi connectivity index (χ2v) is 5.28. The lowest BCUT2D eigenvalue weighted by atomic mass is 10.2. The van der Waals surface area contributed by atoms with E-state index >= 15 is 0 Å². The highest BCUT2D eigenvalue weighted by molar-refractivity contribution is 5.78. The van der Waals surface area contributed by atoms with Crippen LogP contribution in [0.2, 0.25) is 0 Å². The average Bonchev–Trinajstić information content (AvgIpc) is 2.51. The molecule has 5 nitrogen and oxygen atoms in total. The monoisotopic (exact) mass is 332 g/mol. The Bertz CT molecular complexity index is 537. The Balaban J connectivity index is 1.93. The lowest BCUT2D eigenvalue weighted by Crippen LogP contribution is -2.53. The summed E-state index contributed by atoms with van der Waals surface area (Å²) in [6.45, 7) is 2.27. The standard InChI is InChI=1S/C15H19F3N2O3/c1-11-8-19-6-7-20(11)14(21)9-22-12-4-2-3-5-13(12)23-10-15(16,17)18/h2-5,11,19H,6-10H2,1H3/t11-/m1/s1. The van der Waals surface area contributed by atoms with Gasteiger partial charge >= 0.3 is 6.18 Å². The fourth-order valence-electron chi connectivity index (χ4n) is 2.28. The fourth-order valence-corrected chi connectivity index (χ4v) is 2.28. The van der Waals surface area contributed by atoms with Crippen molar-refractivity contribution in [1.29, 1.82) is 0 Å². The van der Waals surface area contributed by atoms with Gasteiger partial charge in [0.2, 0.25) is 0 Å². The van der Waals surface area contributed by atoms with Crippen molar-refractivity contribution in [2.75, 3.05) is 32.8 Å². The number of nitrogens with one attached hydrogen (secondary N) is 1. The predicted molar refractivity (Wildman–Crippen MR) is 77.5 cm³/mol. The van der Waals surface area contributed by atoms with E-state index in [1.165, 1.54) is 12.1 Å². The highest BCUT2D eigenvalue weighted by Crippen LogP contribution is 2.28. The van der Waals surface area contributed by atoms with Gasteiger partial charge in [-0.1, -0.05) is 12.1 Å². The largest absolute Gasteiger partial charge is 0.480 e. The van der Waals surface area contributed by atoms with Crippen molar-refractivity contribution >= 4 is 5.91 Å². The smallest absolute Gasteiger partial charge is 0.422 e. The molecule has 0 radical (unpaired) electrons. The first-order valence-electron chi connectivity index (χ1n) is 7.28. The van der Waals surface area contributed by atoms with Crippen LogP contribution in [0.3, 0.4) is 0 Å². The van der Waals surface area contributed by atoms with E-state index in [1.807, 2.05) is 6.92 Å². The summed E-state index contributed by atoms with van der Waals surface area (Å²) in [5, 5.41) is 3.17. The van der Waals surface area contributed by atoms with E-state index in [0.29, 0.717) is 19.6 Å². The molecule has 1 aromatic carbocycles. The fraction of sp³-hybridized carbons (Fsp3) is 0.533. The van der Waals surface area contributed by atoms with E-state index in [-0.39, 0.29) is 30.1 Å². The van der Waals surface area contributed by atoms with E-state index in [9.17, 15) is 18.0 Å².